The normalized spacial score (nSPS) is 12.1. The summed E-state index contributed by atoms with van der Waals surface area (Å²) in [5.74, 6) is -1.50. The average Bonchev–Trinajstić information content (AvgIpc) is 2.53. The predicted molar refractivity (Wildman–Crippen MR) is 89.6 cm³/mol. The van der Waals surface area contributed by atoms with Crippen LogP contribution in [0.5, 0.6) is 0 Å². The van der Waals surface area contributed by atoms with Crippen molar-refractivity contribution in [1.82, 2.24) is 0 Å². The van der Waals surface area contributed by atoms with Gasteiger partial charge in [0.15, 0.2) is 6.04 Å². The molecular weight excluding hydrogens is 296 g/mol. The lowest BCUT2D eigenvalue weighted by Gasteiger charge is -2.01. The molecule has 0 saturated carbocycles. The number of quaternary nitrogens is 1. The van der Waals surface area contributed by atoms with E-state index in [2.05, 4.69) is 6.92 Å². The molecule has 0 aromatic carbocycles. The number of hydrogen-bond donors (Lipinski definition) is 3. The fourth-order valence-corrected chi connectivity index (χ4v) is 2.34. The predicted octanol–water partition coefficient (Wildman–Crippen LogP) is 2.12. The molecule has 0 aromatic heterocycles. The molecule has 0 aliphatic heterocycles. The van der Waals surface area contributed by atoms with Crippen LogP contribution < -0.4 is 11.2 Å². The summed E-state index contributed by atoms with van der Waals surface area (Å²) in [6.07, 6.45) is 12.7. The van der Waals surface area contributed by atoms with Gasteiger partial charge in [-0.25, -0.2) is 0 Å². The van der Waals surface area contributed by atoms with Crippen LogP contribution in [0.15, 0.2) is 0 Å². The number of rotatable bonds is 16. The lowest BCUT2D eigenvalue weighted by molar-refractivity contribution is -0.872. The van der Waals surface area contributed by atoms with Gasteiger partial charge in [0.25, 0.3) is 0 Å². The second-order valence-corrected chi connectivity index (χ2v) is 6.11. The number of aliphatic carboxylic acids is 1. The van der Waals surface area contributed by atoms with E-state index >= 15 is 0 Å². The molecule has 6 nitrogen and oxygen atoms in total. The molecule has 1 radical (unpaired) electrons. The highest BCUT2D eigenvalue weighted by Crippen LogP contribution is 2.09. The first-order chi connectivity index (χ1) is 11.1. The highest BCUT2D eigenvalue weighted by atomic mass is 16.7. The second kappa shape index (κ2) is 15.7. The van der Waals surface area contributed by atoms with Crippen molar-refractivity contribution < 1.29 is 25.0 Å². The van der Waals surface area contributed by atoms with E-state index in [9.17, 15) is 9.59 Å². The molecule has 0 amide bonds. The Hall–Kier alpha value is -1.14. The maximum absolute atomic E-state index is 11.5. The first-order valence-corrected chi connectivity index (χ1v) is 9.07. The monoisotopic (exact) mass is 331 g/mol. The van der Waals surface area contributed by atoms with E-state index < -0.39 is 18.0 Å². The Bertz CT molecular complexity index is 311. The number of hydrogen-bond acceptors (Lipinski definition) is 4. The SMILES string of the molecule is CCCCCCCCCCCC[NH2+]OC(=[O+])[C@@H](N)CCC(=O)O. The summed E-state index contributed by atoms with van der Waals surface area (Å²) in [4.78, 5) is 26.8. The molecule has 0 aliphatic rings. The van der Waals surface area contributed by atoms with Crippen LogP contribution in [0.3, 0.4) is 0 Å². The second-order valence-electron chi connectivity index (χ2n) is 6.11. The highest BCUT2D eigenvalue weighted by Gasteiger charge is 2.31. The molecule has 1 atom stereocenters. The average molecular weight is 331 g/mol. The molecule has 0 spiro atoms. The summed E-state index contributed by atoms with van der Waals surface area (Å²) < 4.78 is 0. The van der Waals surface area contributed by atoms with Crippen LogP contribution >= 0.6 is 0 Å². The Morgan fingerprint density at radius 2 is 1.61 bits per heavy atom. The molecular formula is C17H35N2O4+2. The number of carboxylic acid groups (broad SMARTS) is 1. The van der Waals surface area contributed by atoms with Gasteiger partial charge in [-0.1, -0.05) is 68.6 Å². The van der Waals surface area contributed by atoms with E-state index in [1.807, 2.05) is 0 Å². The number of carbonyl (C=O) groups is 2. The smallest absolute Gasteiger partial charge is 0.481 e. The molecule has 0 aliphatic carbocycles. The van der Waals surface area contributed by atoms with Crippen LogP contribution in [-0.2, 0) is 14.4 Å². The molecule has 135 valence electrons. The van der Waals surface area contributed by atoms with E-state index in [0.717, 1.165) is 19.4 Å². The maximum atomic E-state index is 11.5. The van der Waals surface area contributed by atoms with E-state index in [1.165, 1.54) is 56.8 Å². The zero-order valence-corrected chi connectivity index (χ0v) is 14.6. The standard InChI is InChI=1S/C17H34N2O4/c1-2-3-4-5-6-7-8-9-10-11-14-19-23-17(22)15(18)12-13-16(20)21/h15,19H,2-14,18H2,1H3,(H,20,21)/q+1/p+1/t15-/m0/s1. The molecule has 0 unspecified atom stereocenters. The Morgan fingerprint density at radius 3 is 2.13 bits per heavy atom. The van der Waals surface area contributed by atoms with Crippen molar-refractivity contribution in [2.75, 3.05) is 6.54 Å². The third-order valence-electron chi connectivity index (χ3n) is 3.85. The molecule has 23 heavy (non-hydrogen) atoms. The molecule has 0 rings (SSSR count). The minimum absolute atomic E-state index is 0.111. The fourth-order valence-electron chi connectivity index (χ4n) is 2.34. The number of carbonyl (C=O) groups excluding carboxylic acids is 1. The van der Waals surface area contributed by atoms with Gasteiger partial charge in [0.1, 0.15) is 6.54 Å². The van der Waals surface area contributed by atoms with Crippen molar-refractivity contribution in [3.63, 3.8) is 0 Å². The van der Waals surface area contributed by atoms with Gasteiger partial charge >= 0.3 is 11.9 Å². The van der Waals surface area contributed by atoms with Crippen LogP contribution in [0.25, 0.3) is 0 Å². The fraction of sp³-hybridized carbons (Fsp3) is 0.882. The summed E-state index contributed by atoms with van der Waals surface area (Å²) in [5.41, 5.74) is 7.04. The molecule has 0 fully saturated rings. The summed E-state index contributed by atoms with van der Waals surface area (Å²) in [7, 11) is 0. The highest BCUT2D eigenvalue weighted by molar-refractivity contribution is 5.76. The number of nitrogens with two attached hydrogens (primary N) is 2. The lowest BCUT2D eigenvalue weighted by atomic mass is 10.1. The van der Waals surface area contributed by atoms with Crippen molar-refractivity contribution in [1.29, 1.82) is 0 Å². The van der Waals surface area contributed by atoms with Crippen LogP contribution in [0, 0.1) is 0 Å². The molecule has 5 N–H and O–H groups in total. The van der Waals surface area contributed by atoms with Crippen molar-refractivity contribution in [3.05, 3.63) is 0 Å². The summed E-state index contributed by atoms with van der Waals surface area (Å²) in [6, 6.07) is -0.852. The Kier molecular flexibility index (Phi) is 15.0. The third kappa shape index (κ3) is 15.5. The van der Waals surface area contributed by atoms with E-state index in [1.54, 1.807) is 0 Å². The lowest BCUT2D eigenvalue weighted by Crippen LogP contribution is -2.84. The van der Waals surface area contributed by atoms with Gasteiger partial charge in [-0.15, -0.1) is 0 Å². The van der Waals surface area contributed by atoms with Gasteiger partial charge in [0, 0.05) is 12.8 Å². The van der Waals surface area contributed by atoms with Crippen LogP contribution in [-0.4, -0.2) is 29.6 Å². The van der Waals surface area contributed by atoms with E-state index in [4.69, 9.17) is 15.7 Å². The van der Waals surface area contributed by atoms with Gasteiger partial charge in [0.05, 0.1) is 4.79 Å². The van der Waals surface area contributed by atoms with Crippen LogP contribution in [0.2, 0.25) is 0 Å². The van der Waals surface area contributed by atoms with Gasteiger partial charge < -0.3 is 10.8 Å². The number of unbranched alkanes of at least 4 members (excludes halogenated alkanes) is 9. The number of carboxylic acids is 1. The first kappa shape index (κ1) is 21.9. The minimum atomic E-state index is -0.956. The van der Waals surface area contributed by atoms with Crippen LogP contribution in [0.4, 0.5) is 0 Å². The molecule has 0 bridgehead atoms. The maximum Gasteiger partial charge on any atom is 0.654 e. The van der Waals surface area contributed by atoms with Crippen molar-refractivity contribution in [2.45, 2.75) is 90.0 Å². The quantitative estimate of drug-likeness (QED) is 0.228. The zero-order chi connectivity index (χ0) is 17.3. The van der Waals surface area contributed by atoms with Crippen molar-refractivity contribution in [3.8, 4) is 0 Å². The van der Waals surface area contributed by atoms with Crippen molar-refractivity contribution >= 4 is 11.9 Å². The van der Waals surface area contributed by atoms with Crippen LogP contribution in [0.1, 0.15) is 84.0 Å². The summed E-state index contributed by atoms with van der Waals surface area (Å²) in [5, 5.41) is 8.52. The zero-order valence-electron chi connectivity index (χ0n) is 14.6. The third-order valence-corrected chi connectivity index (χ3v) is 3.85. The Morgan fingerprint density at radius 1 is 1.09 bits per heavy atom. The first-order valence-electron chi connectivity index (χ1n) is 9.07. The van der Waals surface area contributed by atoms with Gasteiger partial charge in [0.2, 0.25) is 0 Å². The number of hydroxylamine groups is 1. The minimum Gasteiger partial charge on any atom is -0.481 e. The molecule has 0 saturated heterocycles. The van der Waals surface area contributed by atoms with Gasteiger partial charge in [-0.3, -0.25) is 4.79 Å². The molecule has 6 heteroatoms. The van der Waals surface area contributed by atoms with Crippen molar-refractivity contribution in [2.24, 2.45) is 5.73 Å². The van der Waals surface area contributed by atoms with Gasteiger partial charge in [-0.05, 0) is 12.8 Å². The Balaban J connectivity index is 3.29. The largest absolute Gasteiger partial charge is 0.654 e. The van der Waals surface area contributed by atoms with E-state index in [-0.39, 0.29) is 12.8 Å². The summed E-state index contributed by atoms with van der Waals surface area (Å²) in [6.45, 7) is 2.96. The Labute approximate surface area is 140 Å². The van der Waals surface area contributed by atoms with Gasteiger partial charge in [-0.2, -0.15) is 0 Å². The van der Waals surface area contributed by atoms with E-state index in [0.29, 0.717) is 0 Å². The topological polar surface area (TPSA) is 109 Å². The molecule has 0 aromatic rings. The molecule has 0 heterocycles. The summed E-state index contributed by atoms with van der Waals surface area (Å²) >= 11 is 0.